The summed E-state index contributed by atoms with van der Waals surface area (Å²) in [6, 6.07) is 0. The first-order valence-corrected chi connectivity index (χ1v) is 23.6. The maximum Gasteiger partial charge on any atom is 0.335 e. The average Bonchev–Trinajstić information content (AvgIpc) is 3.25. The van der Waals surface area contributed by atoms with Crippen LogP contribution in [0, 0.1) is 56.2 Å². The lowest BCUT2D eigenvalue weighted by Crippen LogP contribution is -2.72. The van der Waals surface area contributed by atoms with Crippen LogP contribution in [0.15, 0.2) is 11.6 Å². The largest absolute Gasteiger partial charge is 0.479 e. The molecule has 22 atom stereocenters. The van der Waals surface area contributed by atoms with E-state index in [2.05, 4.69) is 26.8 Å². The molecule has 7 rings (SSSR count). The summed E-state index contributed by atoms with van der Waals surface area (Å²) in [5.41, 5.74) is -3.36. The van der Waals surface area contributed by atoms with Crippen LogP contribution >= 0.6 is 0 Å². The van der Waals surface area contributed by atoms with Crippen LogP contribution in [0.5, 0.6) is 0 Å². The molecule has 7 aliphatic rings. The van der Waals surface area contributed by atoms with Crippen molar-refractivity contribution in [2.24, 2.45) is 56.2 Å². The van der Waals surface area contributed by atoms with E-state index in [0.717, 1.165) is 5.57 Å². The second-order valence-corrected chi connectivity index (χ2v) is 22.6. The minimum atomic E-state index is -2.48. The van der Waals surface area contributed by atoms with Crippen molar-refractivity contribution >= 4 is 11.9 Å². The van der Waals surface area contributed by atoms with Crippen molar-refractivity contribution in [2.45, 2.75) is 186 Å². The van der Waals surface area contributed by atoms with Gasteiger partial charge in [0.05, 0.1) is 43.4 Å². The standard InChI is InChI=1S/C47H76O18/c1-9-22(2)39(60)64-37-36(57)46(20-49)24(16-41(37,3)4)23-10-11-27-42(5)14-13-29(43(6,19-48)26(42)12-15-44(27,7)45(23,8)17-28(46)52)62-40-32(55)33(31(54)34(63-40)38(58)59)65-47(21-50)35(56)30(53)25(51)18-61-47/h10,22,24-37,40,48-57H,9,11-21H2,1-8H3,(H,58,59)/t22-,24-,25+,26+,27+,28-,29-,30+,31-,32+,33-,34-,35-,36-,37-,40+,42-,43-,44+,45+,46-,47-/m0/s1. The summed E-state index contributed by atoms with van der Waals surface area (Å²) in [7, 11) is 0. The molecule has 372 valence electrons. The first-order chi connectivity index (χ1) is 30.2. The molecule has 5 aliphatic carbocycles. The Bertz CT molecular complexity index is 1810. The summed E-state index contributed by atoms with van der Waals surface area (Å²) in [6.45, 7) is 13.6. The predicted molar refractivity (Wildman–Crippen MR) is 227 cm³/mol. The molecule has 2 aliphatic heterocycles. The van der Waals surface area contributed by atoms with Crippen molar-refractivity contribution < 1.29 is 89.4 Å². The third-order valence-corrected chi connectivity index (χ3v) is 19.0. The smallest absolute Gasteiger partial charge is 0.335 e. The van der Waals surface area contributed by atoms with Crippen molar-refractivity contribution in [2.75, 3.05) is 26.4 Å². The highest BCUT2D eigenvalue weighted by Gasteiger charge is 2.73. The van der Waals surface area contributed by atoms with Gasteiger partial charge in [0.15, 0.2) is 12.4 Å². The summed E-state index contributed by atoms with van der Waals surface area (Å²) in [5, 5.41) is 122. The molecule has 0 unspecified atom stereocenters. The number of hydrogen-bond acceptors (Lipinski definition) is 17. The minimum absolute atomic E-state index is 0.0280. The summed E-state index contributed by atoms with van der Waals surface area (Å²) < 4.78 is 29.5. The van der Waals surface area contributed by atoms with E-state index >= 15 is 0 Å². The normalized spacial score (nSPS) is 52.2. The van der Waals surface area contributed by atoms with Crippen LogP contribution in [0.4, 0.5) is 0 Å². The Hall–Kier alpha value is -1.88. The van der Waals surface area contributed by atoms with Crippen LogP contribution in [-0.4, -0.2) is 174 Å². The van der Waals surface area contributed by atoms with Gasteiger partial charge in [-0.1, -0.05) is 67.0 Å². The van der Waals surface area contributed by atoms with E-state index in [4.69, 9.17) is 23.7 Å². The van der Waals surface area contributed by atoms with E-state index in [-0.39, 0.29) is 30.8 Å². The number of allylic oxidation sites excluding steroid dienone is 2. The zero-order valence-corrected chi connectivity index (χ0v) is 39.1. The molecule has 65 heavy (non-hydrogen) atoms. The zero-order chi connectivity index (χ0) is 48.2. The van der Waals surface area contributed by atoms with Gasteiger partial charge in [-0.2, -0.15) is 0 Å². The first kappa shape index (κ1) is 51.0. The number of carboxylic acid groups (broad SMARTS) is 1. The monoisotopic (exact) mass is 929 g/mol. The van der Waals surface area contributed by atoms with E-state index in [1.165, 1.54) is 0 Å². The van der Waals surface area contributed by atoms with Crippen LogP contribution in [0.3, 0.4) is 0 Å². The van der Waals surface area contributed by atoms with E-state index in [1.807, 2.05) is 27.7 Å². The van der Waals surface area contributed by atoms with Crippen molar-refractivity contribution in [3.63, 3.8) is 0 Å². The topological polar surface area (TPSA) is 303 Å². The third kappa shape index (κ3) is 7.41. The highest BCUT2D eigenvalue weighted by atomic mass is 16.8. The molecule has 18 heteroatoms. The van der Waals surface area contributed by atoms with E-state index in [1.54, 1.807) is 6.92 Å². The van der Waals surface area contributed by atoms with Gasteiger partial charge < -0.3 is 79.9 Å². The lowest BCUT2D eigenvalue weighted by Gasteiger charge is -2.72. The molecule has 0 aromatic carbocycles. The second-order valence-electron chi connectivity index (χ2n) is 22.6. The number of aliphatic hydroxyl groups is 10. The first-order valence-electron chi connectivity index (χ1n) is 23.6. The van der Waals surface area contributed by atoms with Gasteiger partial charge in [0.25, 0.3) is 0 Å². The number of esters is 1. The van der Waals surface area contributed by atoms with Gasteiger partial charge in [-0.3, -0.25) is 4.79 Å². The molecule has 0 bridgehead atoms. The fourth-order valence-corrected chi connectivity index (χ4v) is 14.6. The second kappa shape index (κ2) is 17.5. The maximum absolute atomic E-state index is 13.1. The van der Waals surface area contributed by atoms with Crippen molar-refractivity contribution in [3.8, 4) is 0 Å². The number of aliphatic carboxylic acids is 1. The molecular formula is C47H76O18. The molecular weight excluding hydrogens is 852 g/mol. The van der Waals surface area contributed by atoms with Crippen molar-refractivity contribution in [1.82, 2.24) is 0 Å². The molecule has 6 fully saturated rings. The average molecular weight is 929 g/mol. The third-order valence-electron chi connectivity index (χ3n) is 19.0. The number of ether oxygens (including phenoxy) is 5. The quantitative estimate of drug-likeness (QED) is 0.0758. The maximum atomic E-state index is 13.1. The van der Waals surface area contributed by atoms with E-state index < -0.39 is 149 Å². The van der Waals surface area contributed by atoms with Gasteiger partial charge >= 0.3 is 11.9 Å². The number of fused-ring (bicyclic) bond motifs is 7. The Labute approximate surface area is 380 Å². The number of carboxylic acids is 1. The molecule has 4 saturated carbocycles. The Morgan fingerprint density at radius 2 is 1.52 bits per heavy atom. The molecule has 2 heterocycles. The van der Waals surface area contributed by atoms with Gasteiger partial charge in [-0.15, -0.1) is 0 Å². The van der Waals surface area contributed by atoms with E-state index in [9.17, 15) is 65.8 Å². The summed E-state index contributed by atoms with van der Waals surface area (Å²) in [5.74, 6) is -5.48. The van der Waals surface area contributed by atoms with Crippen LogP contribution in [0.2, 0.25) is 0 Å². The van der Waals surface area contributed by atoms with Crippen LogP contribution in [-0.2, 0) is 33.3 Å². The molecule has 11 N–H and O–H groups in total. The minimum Gasteiger partial charge on any atom is -0.479 e. The lowest BCUT2D eigenvalue weighted by atomic mass is 9.33. The van der Waals surface area contributed by atoms with Crippen molar-refractivity contribution in [1.29, 1.82) is 0 Å². The van der Waals surface area contributed by atoms with Gasteiger partial charge in [0.1, 0.15) is 55.4 Å². The Morgan fingerprint density at radius 1 is 0.846 bits per heavy atom. The van der Waals surface area contributed by atoms with Crippen molar-refractivity contribution in [3.05, 3.63) is 11.6 Å². The molecule has 0 aromatic rings. The Kier molecular flexibility index (Phi) is 13.7. The van der Waals surface area contributed by atoms with Gasteiger partial charge in [0, 0.05) is 10.8 Å². The fourth-order valence-electron chi connectivity index (χ4n) is 14.6. The molecule has 0 radical (unpaired) electrons. The molecule has 0 amide bonds. The van der Waals surface area contributed by atoms with Gasteiger partial charge in [0.2, 0.25) is 5.79 Å². The van der Waals surface area contributed by atoms with Crippen LogP contribution in [0.1, 0.15) is 107 Å². The highest BCUT2D eigenvalue weighted by Crippen LogP contribution is 2.76. The molecule has 0 spiro atoms. The highest BCUT2D eigenvalue weighted by molar-refractivity contribution is 5.73. The zero-order valence-electron chi connectivity index (χ0n) is 39.1. The number of rotatable bonds is 11. The number of hydrogen-bond donors (Lipinski definition) is 11. The van der Waals surface area contributed by atoms with Gasteiger partial charge in [-0.25, -0.2) is 4.79 Å². The molecule has 2 saturated heterocycles. The SMILES string of the molecule is CC[C@H](C)C(=O)O[C@H]1[C@H](O)[C@]2(CO)[C@@H](O)C[C@]3(C)C(=CC[C@@H]4[C@@]5(C)CC[C@H](O[C@@H]6O[C@H](C(=O)O)[C@@H](O)[C@H](O[C@]7(CO)OC[C@@H](O)[C@@H](O)[C@@H]7O)[C@H]6O)[C@@](C)(CO)[C@@H]5CC[C@]43C)[C@@H]2CC1(C)C. The lowest BCUT2D eigenvalue weighted by molar-refractivity contribution is -0.398. The number of aliphatic hydroxyl groups excluding tert-OH is 10. The predicted octanol–water partition coefficient (Wildman–Crippen LogP) is 0.365. The van der Waals surface area contributed by atoms with Crippen LogP contribution in [0.25, 0.3) is 0 Å². The Morgan fingerprint density at radius 3 is 2.12 bits per heavy atom. The summed E-state index contributed by atoms with van der Waals surface area (Å²) >= 11 is 0. The Balaban J connectivity index is 1.17. The fraction of sp³-hybridized carbons (Fsp3) is 0.915. The summed E-state index contributed by atoms with van der Waals surface area (Å²) in [6.07, 6.45) is -13.0. The number of carbonyl (C=O) groups is 2. The van der Waals surface area contributed by atoms with Gasteiger partial charge in [-0.05, 0) is 85.4 Å². The molecule has 0 aromatic heterocycles. The van der Waals surface area contributed by atoms with E-state index in [0.29, 0.717) is 44.9 Å². The summed E-state index contributed by atoms with van der Waals surface area (Å²) in [4.78, 5) is 25.6. The van der Waals surface area contributed by atoms with Crippen LogP contribution < -0.4 is 0 Å². The molecule has 18 nitrogen and oxygen atoms in total. The number of carbonyl (C=O) groups excluding carboxylic acids is 1.